The number of carbonyl (C=O) groups excluding carboxylic acids is 2. The van der Waals surface area contributed by atoms with Crippen LogP contribution in [0, 0.1) is 0 Å². The molecule has 0 spiro atoms. The number of aromatic nitrogens is 2. The smallest absolute Gasteiger partial charge is 0.462 e. The Kier molecular flexibility index (Phi) is 35.7. The summed E-state index contributed by atoms with van der Waals surface area (Å²) in [4.78, 5) is 61.9. The molecular formula is C54H81N3O16P2. The minimum atomic E-state index is -5.47. The number of nitrogens with two attached hydrogens (primary N) is 1. The van der Waals surface area contributed by atoms with Crippen molar-refractivity contribution in [1.29, 1.82) is 0 Å². The SMILES string of the molecule is CCCCC/C=C\C/C=C\C/C=C\C/C=C\C/C=C\CCC(=O)O[C@H](COC(=O)CCC/C=C\C/C=C\C/C=C\C/C=C\C=C\[C@@H](O)CC)COP(=O)(O)OP(=O)(O)OC[C@H]1O[C@@H](n2ccc(N)nc2=O)[C@H](O)[C@@H]1O. The van der Waals surface area contributed by atoms with E-state index in [4.69, 9.17) is 29.0 Å². The number of aliphatic hydroxyl groups is 3. The van der Waals surface area contributed by atoms with E-state index in [2.05, 4.69) is 64.8 Å². The number of phosphoric acid groups is 2. The molecular weight excluding hydrogens is 1010 g/mol. The summed E-state index contributed by atoms with van der Waals surface area (Å²) in [5.74, 6) is -1.50. The molecule has 8 atom stereocenters. The quantitative estimate of drug-likeness (QED) is 0.0117. The lowest BCUT2D eigenvalue weighted by molar-refractivity contribution is -0.161. The Morgan fingerprint density at radius 1 is 0.707 bits per heavy atom. The van der Waals surface area contributed by atoms with Gasteiger partial charge >= 0.3 is 33.3 Å². The fraction of sp³-hybridized carbons (Fsp3) is 0.519. The average molecular weight is 1090 g/mol. The molecule has 0 saturated carbocycles. The van der Waals surface area contributed by atoms with E-state index in [9.17, 15) is 48.6 Å². The van der Waals surface area contributed by atoms with Gasteiger partial charge in [-0.1, -0.05) is 148 Å². The van der Waals surface area contributed by atoms with Crippen LogP contribution in [0.4, 0.5) is 5.82 Å². The number of hydrogen-bond donors (Lipinski definition) is 6. The Hall–Kier alpha value is -4.88. The third kappa shape index (κ3) is 33.0. The molecule has 0 aromatic carbocycles. The maximum absolute atomic E-state index is 12.9. The number of allylic oxidation sites excluding steroid dienone is 19. The number of esters is 2. The van der Waals surface area contributed by atoms with Gasteiger partial charge in [-0.2, -0.15) is 9.29 Å². The van der Waals surface area contributed by atoms with Crippen molar-refractivity contribution in [2.45, 2.75) is 160 Å². The molecule has 0 radical (unpaired) electrons. The zero-order valence-electron chi connectivity index (χ0n) is 43.4. The van der Waals surface area contributed by atoms with E-state index >= 15 is 0 Å². The third-order valence-corrected chi connectivity index (χ3v) is 13.3. The van der Waals surface area contributed by atoms with Gasteiger partial charge in [-0.05, 0) is 89.5 Å². The summed E-state index contributed by atoms with van der Waals surface area (Å²) in [6.45, 7) is 1.65. The average Bonchev–Trinajstić information content (AvgIpc) is 3.65. The number of ether oxygens (including phenoxy) is 3. The highest BCUT2D eigenvalue weighted by Gasteiger charge is 2.46. The van der Waals surface area contributed by atoms with Crippen molar-refractivity contribution in [2.75, 3.05) is 25.6 Å². The largest absolute Gasteiger partial charge is 0.481 e. The lowest BCUT2D eigenvalue weighted by Crippen LogP contribution is -2.36. The van der Waals surface area contributed by atoms with Crippen LogP contribution in [0.25, 0.3) is 0 Å². The first kappa shape index (κ1) is 66.2. The standard InChI is InChI=1S/C54H81N3O16P2/c1-3-5-6-7-8-9-10-11-12-13-14-15-16-21-24-27-30-33-36-39-50(60)71-46(42-68-49(59)38-35-32-29-26-23-20-18-17-19-22-25-28-31-34-37-45(58)4-2)43-69-74(64,65)73-75(66,67)70-44-47-51(61)52(62)53(72-47)57-41-40-48(55)56-54(57)63/h8-9,11-12,14-15,18-22,24,26,28-31,33-34,37,40-41,45-47,51-53,58,61-62H,3-7,10,13,16-17,23,25,27,32,35-36,38-39,42-44H2,1-2H3,(H,64,65)(H,66,67)(H2,55,56,63)/b9-8-,12-11-,15-14-,20-18-,22-19-,24-21-,29-26-,31-28-,33-30-,37-34+/t45-,46+,47+,51+,52+,53+/m0/s1. The molecule has 2 rings (SSSR count). The van der Waals surface area contributed by atoms with Gasteiger partial charge in [0.15, 0.2) is 12.3 Å². The minimum absolute atomic E-state index is 0.0115. The summed E-state index contributed by atoms with van der Waals surface area (Å²) in [7, 11) is -10.9. The Morgan fingerprint density at radius 3 is 1.80 bits per heavy atom. The van der Waals surface area contributed by atoms with E-state index in [1.165, 1.54) is 25.3 Å². The van der Waals surface area contributed by atoms with Crippen LogP contribution in [-0.4, -0.2) is 96.9 Å². The van der Waals surface area contributed by atoms with Gasteiger partial charge in [0.2, 0.25) is 0 Å². The van der Waals surface area contributed by atoms with E-state index in [1.54, 1.807) is 12.2 Å². The molecule has 7 N–H and O–H groups in total. The number of unbranched alkanes of at least 4 members (excludes halogenated alkanes) is 4. The van der Waals surface area contributed by atoms with Gasteiger partial charge in [-0.15, -0.1) is 0 Å². The molecule has 1 aliphatic rings. The molecule has 0 amide bonds. The van der Waals surface area contributed by atoms with Gasteiger partial charge in [0.1, 0.15) is 30.7 Å². The molecule has 0 bridgehead atoms. The van der Waals surface area contributed by atoms with Gasteiger partial charge in [-0.25, -0.2) is 13.9 Å². The summed E-state index contributed by atoms with van der Waals surface area (Å²) >= 11 is 0. The molecule has 1 aromatic heterocycles. The number of nitrogens with zero attached hydrogens (tertiary/aromatic N) is 2. The molecule has 418 valence electrons. The number of hydrogen-bond acceptors (Lipinski definition) is 16. The minimum Gasteiger partial charge on any atom is -0.462 e. The lowest BCUT2D eigenvalue weighted by Gasteiger charge is -2.21. The van der Waals surface area contributed by atoms with Gasteiger partial charge < -0.3 is 45.1 Å². The van der Waals surface area contributed by atoms with Crippen LogP contribution in [0.5, 0.6) is 0 Å². The number of anilines is 1. The molecule has 2 unspecified atom stereocenters. The molecule has 19 nitrogen and oxygen atoms in total. The van der Waals surface area contributed by atoms with Crippen molar-refractivity contribution < 1.29 is 71.4 Å². The molecule has 1 aromatic rings. The Bertz CT molecular complexity index is 2250. The number of aliphatic hydroxyl groups excluding tert-OH is 3. The highest BCUT2D eigenvalue weighted by molar-refractivity contribution is 7.61. The van der Waals surface area contributed by atoms with Crippen LogP contribution in [0.3, 0.4) is 0 Å². The van der Waals surface area contributed by atoms with E-state index in [-0.39, 0.29) is 18.7 Å². The van der Waals surface area contributed by atoms with Crippen molar-refractivity contribution >= 4 is 33.4 Å². The second kappa shape index (κ2) is 40.4. The first-order chi connectivity index (χ1) is 36.1. The number of rotatable bonds is 40. The maximum Gasteiger partial charge on any atom is 0.481 e. The Labute approximate surface area is 442 Å². The predicted octanol–water partition coefficient (Wildman–Crippen LogP) is 9.74. The summed E-state index contributed by atoms with van der Waals surface area (Å²) < 4.78 is 56.6. The molecule has 21 heteroatoms. The second-order valence-corrected chi connectivity index (χ2v) is 20.2. The van der Waals surface area contributed by atoms with Crippen LogP contribution < -0.4 is 11.4 Å². The number of carbonyl (C=O) groups is 2. The Morgan fingerprint density at radius 2 is 1.24 bits per heavy atom. The summed E-state index contributed by atoms with van der Waals surface area (Å²) in [6, 6.07) is 1.24. The van der Waals surface area contributed by atoms with Crippen LogP contribution in [-0.2, 0) is 46.3 Å². The summed E-state index contributed by atoms with van der Waals surface area (Å²) in [5, 5.41) is 30.4. The maximum atomic E-state index is 12.9. The summed E-state index contributed by atoms with van der Waals surface area (Å²) in [6.07, 6.45) is 45.4. The molecule has 1 fully saturated rings. The van der Waals surface area contributed by atoms with E-state index in [1.807, 2.05) is 67.7 Å². The fourth-order valence-electron chi connectivity index (χ4n) is 6.58. The lowest BCUT2D eigenvalue weighted by atomic mass is 10.1. The monoisotopic (exact) mass is 1090 g/mol. The van der Waals surface area contributed by atoms with Gasteiger partial charge in [-0.3, -0.25) is 23.2 Å². The molecule has 0 aliphatic carbocycles. The van der Waals surface area contributed by atoms with Gasteiger partial charge in [0.05, 0.1) is 19.3 Å². The second-order valence-electron chi connectivity index (χ2n) is 17.1. The van der Waals surface area contributed by atoms with E-state index < -0.39 is 89.8 Å². The highest BCUT2D eigenvalue weighted by atomic mass is 31.3. The van der Waals surface area contributed by atoms with E-state index in [0.29, 0.717) is 38.5 Å². The topological polar surface area (TPSA) is 286 Å². The van der Waals surface area contributed by atoms with Crippen LogP contribution in [0.1, 0.15) is 129 Å². The van der Waals surface area contributed by atoms with Gasteiger partial charge in [0.25, 0.3) is 0 Å². The predicted molar refractivity (Wildman–Crippen MR) is 290 cm³/mol. The van der Waals surface area contributed by atoms with Crippen molar-refractivity contribution in [3.63, 3.8) is 0 Å². The zero-order valence-corrected chi connectivity index (χ0v) is 45.2. The first-order valence-electron chi connectivity index (χ1n) is 25.7. The molecule has 75 heavy (non-hydrogen) atoms. The van der Waals surface area contributed by atoms with Crippen molar-refractivity contribution in [3.05, 3.63) is 144 Å². The molecule has 1 saturated heterocycles. The highest BCUT2D eigenvalue weighted by Crippen LogP contribution is 2.60. The zero-order chi connectivity index (χ0) is 55.0. The van der Waals surface area contributed by atoms with Crippen molar-refractivity contribution in [2.24, 2.45) is 0 Å². The first-order valence-corrected chi connectivity index (χ1v) is 28.6. The third-order valence-electron chi connectivity index (χ3n) is 10.7. The number of nitrogen functional groups attached to an aromatic ring is 1. The van der Waals surface area contributed by atoms with Crippen molar-refractivity contribution in [3.8, 4) is 0 Å². The van der Waals surface area contributed by atoms with Crippen LogP contribution in [0.15, 0.2) is 139 Å². The van der Waals surface area contributed by atoms with Crippen LogP contribution in [0.2, 0.25) is 0 Å². The molecule has 1 aliphatic heterocycles. The normalized spacial score (nSPS) is 20.2. The molecule has 2 heterocycles. The Balaban J connectivity index is 1.87. The van der Waals surface area contributed by atoms with Crippen LogP contribution >= 0.6 is 15.6 Å². The van der Waals surface area contributed by atoms with Gasteiger partial charge in [0, 0.05) is 19.0 Å². The van der Waals surface area contributed by atoms with E-state index in [0.717, 1.165) is 49.3 Å². The summed E-state index contributed by atoms with van der Waals surface area (Å²) in [5.41, 5.74) is 4.57. The fourth-order valence-corrected chi connectivity index (χ4v) is 8.69. The van der Waals surface area contributed by atoms with Crippen molar-refractivity contribution in [1.82, 2.24) is 9.55 Å². The number of phosphoric ester groups is 2.